The summed E-state index contributed by atoms with van der Waals surface area (Å²) in [6, 6.07) is 0. The highest BCUT2D eigenvalue weighted by atomic mass is 16.5. The Morgan fingerprint density at radius 2 is 2.22 bits per heavy atom. The van der Waals surface area contributed by atoms with Gasteiger partial charge in [0.05, 0.1) is 12.3 Å². The highest BCUT2D eigenvalue weighted by molar-refractivity contribution is 6.00. The second-order valence-corrected chi connectivity index (χ2v) is 4.38. The predicted molar refractivity (Wildman–Crippen MR) is 69.1 cm³/mol. The SMILES string of the molecule is Cc1nn(C)c(OCCCN(C)C)c1C(N)=NO. The fraction of sp³-hybridized carbons (Fsp3) is 0.636. The average Bonchev–Trinajstić information content (AvgIpc) is 2.58. The first-order valence-electron chi connectivity index (χ1n) is 5.76. The molecule has 7 nitrogen and oxygen atoms in total. The maximum absolute atomic E-state index is 8.75. The summed E-state index contributed by atoms with van der Waals surface area (Å²) in [6.07, 6.45) is 0.896. The van der Waals surface area contributed by atoms with Crippen molar-refractivity contribution in [3.05, 3.63) is 11.3 Å². The second-order valence-electron chi connectivity index (χ2n) is 4.38. The molecule has 0 aromatic carbocycles. The number of oxime groups is 1. The van der Waals surface area contributed by atoms with Gasteiger partial charge in [0.2, 0.25) is 5.88 Å². The van der Waals surface area contributed by atoms with Crippen LogP contribution in [0, 0.1) is 6.92 Å². The van der Waals surface area contributed by atoms with Crippen molar-refractivity contribution in [2.45, 2.75) is 13.3 Å². The van der Waals surface area contributed by atoms with Crippen molar-refractivity contribution in [3.8, 4) is 5.88 Å². The Morgan fingerprint density at radius 1 is 1.56 bits per heavy atom. The summed E-state index contributed by atoms with van der Waals surface area (Å²) in [5.74, 6) is 0.546. The van der Waals surface area contributed by atoms with Gasteiger partial charge < -0.3 is 20.6 Å². The van der Waals surface area contributed by atoms with Crippen LogP contribution in [0.15, 0.2) is 5.16 Å². The number of aryl methyl sites for hydroxylation is 2. The molecule has 1 heterocycles. The molecule has 7 heteroatoms. The van der Waals surface area contributed by atoms with Gasteiger partial charge in [-0.3, -0.25) is 0 Å². The van der Waals surface area contributed by atoms with Gasteiger partial charge in [0.25, 0.3) is 0 Å². The summed E-state index contributed by atoms with van der Waals surface area (Å²) < 4.78 is 7.26. The Kier molecular flexibility index (Phi) is 4.96. The second kappa shape index (κ2) is 6.25. The van der Waals surface area contributed by atoms with E-state index in [2.05, 4.69) is 15.2 Å². The Hall–Kier alpha value is -1.76. The zero-order valence-electron chi connectivity index (χ0n) is 11.3. The van der Waals surface area contributed by atoms with E-state index in [0.29, 0.717) is 23.7 Å². The van der Waals surface area contributed by atoms with Crippen LogP contribution < -0.4 is 10.5 Å². The number of aromatic nitrogens is 2. The van der Waals surface area contributed by atoms with Gasteiger partial charge in [-0.15, -0.1) is 0 Å². The fourth-order valence-electron chi connectivity index (χ4n) is 1.70. The van der Waals surface area contributed by atoms with Gasteiger partial charge in [-0.2, -0.15) is 5.10 Å². The molecule has 0 aliphatic heterocycles. The summed E-state index contributed by atoms with van der Waals surface area (Å²) in [6.45, 7) is 3.29. The molecule has 0 fully saturated rings. The molecule has 0 unspecified atom stereocenters. The minimum atomic E-state index is 0.0169. The Labute approximate surface area is 107 Å². The van der Waals surface area contributed by atoms with Crippen molar-refractivity contribution in [1.29, 1.82) is 0 Å². The van der Waals surface area contributed by atoms with Gasteiger partial charge in [-0.1, -0.05) is 5.16 Å². The molecule has 102 valence electrons. The summed E-state index contributed by atoms with van der Waals surface area (Å²) in [7, 11) is 5.79. The Morgan fingerprint density at radius 3 is 2.78 bits per heavy atom. The minimum Gasteiger partial charge on any atom is -0.477 e. The first-order valence-corrected chi connectivity index (χ1v) is 5.76. The van der Waals surface area contributed by atoms with E-state index in [1.54, 1.807) is 18.7 Å². The van der Waals surface area contributed by atoms with Crippen LogP contribution in [0.25, 0.3) is 0 Å². The first-order chi connectivity index (χ1) is 8.47. The first kappa shape index (κ1) is 14.3. The summed E-state index contributed by atoms with van der Waals surface area (Å²) >= 11 is 0. The number of nitrogens with zero attached hydrogens (tertiary/aromatic N) is 4. The van der Waals surface area contributed by atoms with Crippen molar-refractivity contribution in [1.82, 2.24) is 14.7 Å². The molecule has 0 aliphatic carbocycles. The molecule has 0 saturated carbocycles. The van der Waals surface area contributed by atoms with Gasteiger partial charge in [-0.05, 0) is 27.4 Å². The lowest BCUT2D eigenvalue weighted by molar-refractivity contribution is 0.262. The van der Waals surface area contributed by atoms with Gasteiger partial charge in [0.15, 0.2) is 5.84 Å². The third-order valence-electron chi connectivity index (χ3n) is 2.52. The zero-order chi connectivity index (χ0) is 13.7. The normalized spacial score (nSPS) is 12.2. The fourth-order valence-corrected chi connectivity index (χ4v) is 1.70. The lowest BCUT2D eigenvalue weighted by Gasteiger charge is -2.11. The van der Waals surface area contributed by atoms with Crippen LogP contribution in [-0.4, -0.2) is 53.0 Å². The van der Waals surface area contributed by atoms with Crippen molar-refractivity contribution < 1.29 is 9.94 Å². The van der Waals surface area contributed by atoms with E-state index in [1.807, 2.05) is 14.1 Å². The van der Waals surface area contributed by atoms with Crippen LogP contribution in [0.5, 0.6) is 5.88 Å². The van der Waals surface area contributed by atoms with Gasteiger partial charge in [0, 0.05) is 13.6 Å². The molecule has 0 amide bonds. The highest BCUT2D eigenvalue weighted by Gasteiger charge is 2.18. The molecule has 1 aromatic heterocycles. The van der Waals surface area contributed by atoms with Gasteiger partial charge in [-0.25, -0.2) is 4.68 Å². The molecule has 0 atom stereocenters. The molecule has 1 rings (SSSR count). The van der Waals surface area contributed by atoms with E-state index >= 15 is 0 Å². The summed E-state index contributed by atoms with van der Waals surface area (Å²) in [5, 5.41) is 16.0. The monoisotopic (exact) mass is 255 g/mol. The maximum atomic E-state index is 8.75. The van der Waals surface area contributed by atoms with E-state index < -0.39 is 0 Å². The Bertz CT molecular complexity index is 425. The van der Waals surface area contributed by atoms with Crippen molar-refractivity contribution in [2.24, 2.45) is 17.9 Å². The third-order valence-corrected chi connectivity index (χ3v) is 2.52. The quantitative estimate of drug-likeness (QED) is 0.248. The van der Waals surface area contributed by atoms with Crippen molar-refractivity contribution in [3.63, 3.8) is 0 Å². The average molecular weight is 255 g/mol. The number of hydrogen-bond acceptors (Lipinski definition) is 5. The van der Waals surface area contributed by atoms with Crippen LogP contribution in [0.1, 0.15) is 17.7 Å². The van der Waals surface area contributed by atoms with E-state index in [4.69, 9.17) is 15.7 Å². The molecule has 0 radical (unpaired) electrons. The minimum absolute atomic E-state index is 0.0169. The molecule has 0 saturated heterocycles. The van der Waals surface area contributed by atoms with E-state index in [1.165, 1.54) is 0 Å². The van der Waals surface area contributed by atoms with E-state index in [0.717, 1.165) is 13.0 Å². The predicted octanol–water partition coefficient (Wildman–Crippen LogP) is 0.154. The molecule has 1 aromatic rings. The number of amidine groups is 1. The van der Waals surface area contributed by atoms with Crippen LogP contribution >= 0.6 is 0 Å². The maximum Gasteiger partial charge on any atom is 0.223 e. The van der Waals surface area contributed by atoms with Crippen LogP contribution in [0.3, 0.4) is 0 Å². The molecule has 0 aliphatic rings. The van der Waals surface area contributed by atoms with Crippen molar-refractivity contribution in [2.75, 3.05) is 27.2 Å². The molecule has 0 spiro atoms. The number of nitrogens with two attached hydrogens (primary N) is 1. The van der Waals surface area contributed by atoms with Crippen LogP contribution in [0.2, 0.25) is 0 Å². The van der Waals surface area contributed by atoms with Crippen LogP contribution in [0.4, 0.5) is 0 Å². The lowest BCUT2D eigenvalue weighted by Crippen LogP contribution is -2.18. The largest absolute Gasteiger partial charge is 0.477 e. The lowest BCUT2D eigenvalue weighted by atomic mass is 10.2. The number of hydrogen-bond donors (Lipinski definition) is 2. The van der Waals surface area contributed by atoms with Crippen molar-refractivity contribution >= 4 is 5.84 Å². The molecule has 0 bridgehead atoms. The molecular formula is C11H21N5O2. The standard InChI is InChI=1S/C11H21N5O2/c1-8-9(10(12)14-17)11(16(4)13-8)18-7-5-6-15(2)3/h17H,5-7H2,1-4H3,(H2,12,14). The molecular weight excluding hydrogens is 234 g/mol. The number of ether oxygens (including phenoxy) is 1. The molecule has 3 N–H and O–H groups in total. The smallest absolute Gasteiger partial charge is 0.223 e. The summed E-state index contributed by atoms with van der Waals surface area (Å²) in [4.78, 5) is 2.09. The third kappa shape index (κ3) is 3.36. The Balaban J connectivity index is 2.75. The summed E-state index contributed by atoms with van der Waals surface area (Å²) in [5.41, 5.74) is 6.84. The van der Waals surface area contributed by atoms with Gasteiger partial charge >= 0.3 is 0 Å². The van der Waals surface area contributed by atoms with Gasteiger partial charge in [0.1, 0.15) is 5.56 Å². The molecule has 18 heavy (non-hydrogen) atoms. The number of rotatable bonds is 6. The van der Waals surface area contributed by atoms with E-state index in [-0.39, 0.29) is 5.84 Å². The highest BCUT2D eigenvalue weighted by Crippen LogP contribution is 2.21. The zero-order valence-corrected chi connectivity index (χ0v) is 11.3. The topological polar surface area (TPSA) is 88.9 Å². The van der Waals surface area contributed by atoms with Crippen LogP contribution in [-0.2, 0) is 7.05 Å². The van der Waals surface area contributed by atoms with E-state index in [9.17, 15) is 0 Å².